The van der Waals surface area contributed by atoms with E-state index < -0.39 is 5.54 Å². The number of carbonyl (C=O) groups is 1. The maximum absolute atomic E-state index is 12.9. The summed E-state index contributed by atoms with van der Waals surface area (Å²) in [6.07, 6.45) is 4.39. The lowest BCUT2D eigenvalue weighted by molar-refractivity contribution is -0.124. The minimum absolute atomic E-state index is 0.0786. The number of carbonyl (C=O) groups excluding carboxylic acids is 1. The minimum Gasteiger partial charge on any atom is -0.486 e. The van der Waals surface area contributed by atoms with E-state index in [4.69, 9.17) is 9.47 Å². The van der Waals surface area contributed by atoms with Crippen molar-refractivity contribution in [3.63, 3.8) is 0 Å². The van der Waals surface area contributed by atoms with E-state index in [1.807, 2.05) is 18.2 Å². The maximum atomic E-state index is 12.9. The number of nitrogens with one attached hydrogen (secondary N) is 1. The fourth-order valence-corrected chi connectivity index (χ4v) is 3.60. The first kappa shape index (κ1) is 16.6. The second-order valence-corrected chi connectivity index (χ2v) is 7.15. The van der Waals surface area contributed by atoms with Gasteiger partial charge in [0.1, 0.15) is 18.8 Å². The Hall–Kier alpha value is -2.22. The van der Waals surface area contributed by atoms with Crippen molar-refractivity contribution < 1.29 is 14.3 Å². The Balaban J connectivity index is 1.90. The lowest BCUT2D eigenvalue weighted by Crippen LogP contribution is -2.45. The second kappa shape index (κ2) is 6.72. The van der Waals surface area contributed by atoms with Gasteiger partial charge >= 0.3 is 0 Å². The first-order valence-electron chi connectivity index (χ1n) is 8.63. The number of hydrogen-bond acceptors (Lipinski definition) is 4. The smallest absolute Gasteiger partial charge is 0.229 e. The molecule has 1 aliphatic carbocycles. The molecule has 5 nitrogen and oxygen atoms in total. The highest BCUT2D eigenvalue weighted by Crippen LogP contribution is 2.41. The van der Waals surface area contributed by atoms with Crippen LogP contribution in [-0.4, -0.2) is 24.7 Å². The Morgan fingerprint density at radius 3 is 2.58 bits per heavy atom. The van der Waals surface area contributed by atoms with Crippen molar-refractivity contribution in [2.45, 2.75) is 51.0 Å². The molecule has 1 fully saturated rings. The fourth-order valence-electron chi connectivity index (χ4n) is 3.60. The zero-order valence-corrected chi connectivity index (χ0v) is 14.3. The Morgan fingerprint density at radius 2 is 1.92 bits per heavy atom. The van der Waals surface area contributed by atoms with Crippen LogP contribution < -0.4 is 14.8 Å². The Morgan fingerprint density at radius 1 is 1.25 bits per heavy atom. The summed E-state index contributed by atoms with van der Waals surface area (Å²) in [4.78, 5) is 12.9. The molecular formula is C19H24N2O3. The van der Waals surface area contributed by atoms with Crippen molar-refractivity contribution in [3.8, 4) is 17.6 Å². The van der Waals surface area contributed by atoms with E-state index in [2.05, 4.69) is 11.4 Å². The Kier molecular flexibility index (Phi) is 4.66. The van der Waals surface area contributed by atoms with Crippen LogP contribution in [0.25, 0.3) is 0 Å². The predicted molar refractivity (Wildman–Crippen MR) is 90.0 cm³/mol. The van der Waals surface area contributed by atoms with Crippen molar-refractivity contribution in [2.24, 2.45) is 5.92 Å². The number of nitrogens with zero attached hydrogens (tertiary/aromatic N) is 1. The number of benzene rings is 1. The van der Waals surface area contributed by atoms with Crippen molar-refractivity contribution in [1.29, 1.82) is 5.26 Å². The number of fused-ring (bicyclic) bond motifs is 1. The van der Waals surface area contributed by atoms with Crippen LogP contribution in [0.1, 0.15) is 51.0 Å². The van der Waals surface area contributed by atoms with Gasteiger partial charge in [0.2, 0.25) is 5.91 Å². The molecule has 0 saturated heterocycles. The highest BCUT2D eigenvalue weighted by atomic mass is 16.6. The molecule has 1 atom stereocenters. The van der Waals surface area contributed by atoms with Gasteiger partial charge in [-0.25, -0.2) is 0 Å². The van der Waals surface area contributed by atoms with Gasteiger partial charge in [0.05, 0.1) is 12.0 Å². The number of ether oxygens (including phenoxy) is 2. The Bertz CT molecular complexity index is 657. The third-order valence-electron chi connectivity index (χ3n) is 4.79. The number of amides is 1. The lowest BCUT2D eigenvalue weighted by Gasteiger charge is -2.28. The largest absolute Gasteiger partial charge is 0.486 e. The normalized spacial score (nSPS) is 18.7. The van der Waals surface area contributed by atoms with Gasteiger partial charge in [0, 0.05) is 0 Å². The van der Waals surface area contributed by atoms with E-state index in [-0.39, 0.29) is 11.8 Å². The average Bonchev–Trinajstić information content (AvgIpc) is 3.08. The van der Waals surface area contributed by atoms with Crippen molar-refractivity contribution >= 4 is 5.91 Å². The summed E-state index contributed by atoms with van der Waals surface area (Å²) in [6.45, 7) is 4.52. The zero-order valence-electron chi connectivity index (χ0n) is 14.3. The molecule has 2 aliphatic rings. The Labute approximate surface area is 142 Å². The van der Waals surface area contributed by atoms with Gasteiger partial charge in [0.15, 0.2) is 11.5 Å². The number of rotatable bonds is 4. The molecule has 1 aromatic rings. The average molecular weight is 328 g/mol. The van der Waals surface area contributed by atoms with Gasteiger partial charge in [-0.2, -0.15) is 5.26 Å². The van der Waals surface area contributed by atoms with Crippen LogP contribution in [0, 0.1) is 17.2 Å². The molecule has 0 bridgehead atoms. The molecular weight excluding hydrogens is 304 g/mol. The second-order valence-electron chi connectivity index (χ2n) is 7.15. The van der Waals surface area contributed by atoms with E-state index in [9.17, 15) is 10.1 Å². The summed E-state index contributed by atoms with van der Waals surface area (Å²) in [6, 6.07) is 7.91. The van der Waals surface area contributed by atoms with Gasteiger partial charge in [0.25, 0.3) is 0 Å². The first-order valence-corrected chi connectivity index (χ1v) is 8.63. The molecule has 1 amide bonds. The van der Waals surface area contributed by atoms with Crippen molar-refractivity contribution in [2.75, 3.05) is 13.2 Å². The van der Waals surface area contributed by atoms with Gasteiger partial charge in [-0.05, 0) is 50.3 Å². The van der Waals surface area contributed by atoms with Crippen LogP contribution in [-0.2, 0) is 4.79 Å². The SMILES string of the molecule is CC(C)(C#N)NC(=O)C(c1ccc2c(c1)OCCO2)C1CCCC1. The molecule has 0 aromatic heterocycles. The quantitative estimate of drug-likeness (QED) is 0.921. The standard InChI is InChI=1S/C19H24N2O3/c1-19(2,12-20)21-18(22)17(13-5-3-4-6-13)14-7-8-15-16(11-14)24-10-9-23-15/h7-8,11,13,17H,3-6,9-10H2,1-2H3,(H,21,22). The summed E-state index contributed by atoms with van der Waals surface area (Å²) in [5.41, 5.74) is 0.0688. The lowest BCUT2D eigenvalue weighted by atomic mass is 9.83. The molecule has 128 valence electrons. The number of hydrogen-bond donors (Lipinski definition) is 1. The van der Waals surface area contributed by atoms with E-state index in [0.717, 1.165) is 37.0 Å². The highest BCUT2D eigenvalue weighted by molar-refractivity contribution is 5.85. The molecule has 1 aromatic carbocycles. The fraction of sp³-hybridized carbons (Fsp3) is 0.579. The van der Waals surface area contributed by atoms with Crippen LogP contribution in [0.2, 0.25) is 0 Å². The molecule has 1 saturated carbocycles. The van der Waals surface area contributed by atoms with Crippen molar-refractivity contribution in [3.05, 3.63) is 23.8 Å². The topological polar surface area (TPSA) is 71.4 Å². The van der Waals surface area contributed by atoms with Crippen LogP contribution in [0.15, 0.2) is 18.2 Å². The summed E-state index contributed by atoms with van der Waals surface area (Å²) >= 11 is 0. The van der Waals surface area contributed by atoms with E-state index in [1.54, 1.807) is 13.8 Å². The van der Waals surface area contributed by atoms with Gasteiger partial charge in [-0.3, -0.25) is 4.79 Å². The molecule has 1 N–H and O–H groups in total. The monoisotopic (exact) mass is 328 g/mol. The molecule has 1 aliphatic heterocycles. The van der Waals surface area contributed by atoms with E-state index >= 15 is 0 Å². The maximum Gasteiger partial charge on any atom is 0.229 e. The third kappa shape index (κ3) is 3.48. The van der Waals surface area contributed by atoms with Crippen LogP contribution in [0.5, 0.6) is 11.5 Å². The van der Waals surface area contributed by atoms with E-state index in [1.165, 1.54) is 0 Å². The third-order valence-corrected chi connectivity index (χ3v) is 4.79. The first-order chi connectivity index (χ1) is 11.5. The van der Waals surface area contributed by atoms with Crippen LogP contribution in [0.4, 0.5) is 0 Å². The summed E-state index contributed by atoms with van der Waals surface area (Å²) in [5.74, 6) is 1.41. The number of nitriles is 1. The molecule has 1 heterocycles. The zero-order chi connectivity index (χ0) is 17.2. The highest BCUT2D eigenvalue weighted by Gasteiger charge is 2.35. The van der Waals surface area contributed by atoms with Crippen LogP contribution >= 0.6 is 0 Å². The van der Waals surface area contributed by atoms with Crippen molar-refractivity contribution in [1.82, 2.24) is 5.32 Å². The summed E-state index contributed by atoms with van der Waals surface area (Å²) in [5, 5.41) is 12.1. The molecule has 0 spiro atoms. The molecule has 3 rings (SSSR count). The van der Waals surface area contributed by atoms with E-state index in [0.29, 0.717) is 24.9 Å². The molecule has 1 unspecified atom stereocenters. The van der Waals surface area contributed by atoms with Gasteiger partial charge < -0.3 is 14.8 Å². The molecule has 24 heavy (non-hydrogen) atoms. The minimum atomic E-state index is -0.873. The van der Waals surface area contributed by atoms with Gasteiger partial charge in [-0.15, -0.1) is 0 Å². The summed E-state index contributed by atoms with van der Waals surface area (Å²) in [7, 11) is 0. The summed E-state index contributed by atoms with van der Waals surface area (Å²) < 4.78 is 11.2. The predicted octanol–water partition coefficient (Wildman–Crippen LogP) is 3.15. The van der Waals surface area contributed by atoms with Gasteiger partial charge in [-0.1, -0.05) is 18.9 Å². The van der Waals surface area contributed by atoms with Crippen LogP contribution in [0.3, 0.4) is 0 Å². The molecule has 5 heteroatoms. The molecule has 0 radical (unpaired) electrons.